The fourth-order valence-corrected chi connectivity index (χ4v) is 7.41. The Morgan fingerprint density at radius 3 is 2.29 bits per heavy atom. The maximum atomic E-state index is 13.3. The summed E-state index contributed by atoms with van der Waals surface area (Å²) < 4.78 is 0. The number of carboxylic acid groups (broad SMARTS) is 1. The van der Waals surface area contributed by atoms with Crippen LogP contribution in [0.3, 0.4) is 0 Å². The number of aliphatic carboxylic acids is 1. The zero-order chi connectivity index (χ0) is 21.5. The smallest absolute Gasteiger partial charge is 0.307 e. The van der Waals surface area contributed by atoms with Gasteiger partial charge in [-0.3, -0.25) is 14.4 Å². The highest BCUT2D eigenvalue weighted by Crippen LogP contribution is 2.46. The summed E-state index contributed by atoms with van der Waals surface area (Å²) in [6.07, 6.45) is 14.0. The van der Waals surface area contributed by atoms with Gasteiger partial charge in [0.15, 0.2) is 0 Å². The number of aryl methyl sites for hydroxylation is 1. The molecule has 0 aromatic carbocycles. The number of rotatable bonds is 5. The van der Waals surface area contributed by atoms with Crippen LogP contribution >= 0.6 is 11.3 Å². The van der Waals surface area contributed by atoms with Gasteiger partial charge in [-0.05, 0) is 62.3 Å². The first-order valence-corrected chi connectivity index (χ1v) is 12.5. The molecule has 0 radical (unpaired) electrons. The summed E-state index contributed by atoms with van der Waals surface area (Å²) in [7, 11) is 0. The molecule has 7 heteroatoms. The first kappa shape index (κ1) is 20.7. The predicted molar refractivity (Wildman–Crippen MR) is 119 cm³/mol. The van der Waals surface area contributed by atoms with Crippen molar-refractivity contribution in [3.8, 4) is 0 Å². The Morgan fingerprint density at radius 1 is 0.903 bits per heavy atom. The number of nitrogens with one attached hydrogen (secondary N) is 2. The molecule has 166 valence electrons. The highest BCUT2D eigenvalue weighted by Gasteiger charge is 2.48. The number of fused-ring (bicyclic) bond motifs is 3. The topological polar surface area (TPSA) is 95.5 Å². The van der Waals surface area contributed by atoms with E-state index in [9.17, 15) is 19.5 Å². The van der Waals surface area contributed by atoms with E-state index in [0.29, 0.717) is 10.6 Å². The molecule has 1 aromatic rings. The van der Waals surface area contributed by atoms with E-state index in [-0.39, 0.29) is 29.7 Å². The normalized spacial score (nSPS) is 29.5. The van der Waals surface area contributed by atoms with E-state index in [0.717, 1.165) is 63.4 Å². The second-order valence-electron chi connectivity index (χ2n) is 9.54. The summed E-state index contributed by atoms with van der Waals surface area (Å²) in [6.45, 7) is 0. The molecule has 2 bridgehead atoms. The van der Waals surface area contributed by atoms with Crippen LogP contribution in [0.25, 0.3) is 0 Å². The minimum Gasteiger partial charge on any atom is -0.481 e. The standard InChI is InChI=1S/C24H30N2O4S/c27-21(18-13-9-11-14(12-10-13)19(18)24(29)30)26-23-20(16-7-4-8-17(16)31-23)22(28)25-15-5-2-1-3-6-15/h9,11,13-15,18-19H,1-8,10,12H2,(H,25,28)(H,26,27)(H,29,30)/t13-,14+,18+,19+/m1/s1. The van der Waals surface area contributed by atoms with Gasteiger partial charge in [0.05, 0.1) is 17.4 Å². The average Bonchev–Trinajstić information content (AvgIpc) is 3.35. The van der Waals surface area contributed by atoms with Gasteiger partial charge in [0, 0.05) is 10.9 Å². The molecule has 1 aromatic heterocycles. The van der Waals surface area contributed by atoms with E-state index in [2.05, 4.69) is 10.6 Å². The number of carbonyl (C=O) groups is 3. The molecule has 2 fully saturated rings. The Bertz CT molecular complexity index is 930. The first-order chi connectivity index (χ1) is 15.0. The summed E-state index contributed by atoms with van der Waals surface area (Å²) in [6, 6.07) is 0.206. The van der Waals surface area contributed by atoms with Crippen LogP contribution in [0.15, 0.2) is 12.2 Å². The summed E-state index contributed by atoms with van der Waals surface area (Å²) >= 11 is 1.50. The van der Waals surface area contributed by atoms with E-state index in [1.807, 2.05) is 12.2 Å². The highest BCUT2D eigenvalue weighted by molar-refractivity contribution is 7.17. The van der Waals surface area contributed by atoms with Gasteiger partial charge in [-0.2, -0.15) is 0 Å². The second-order valence-corrected chi connectivity index (χ2v) is 10.6. The molecule has 2 amide bonds. The van der Waals surface area contributed by atoms with Crippen molar-refractivity contribution in [3.63, 3.8) is 0 Å². The Morgan fingerprint density at radius 2 is 1.61 bits per heavy atom. The molecule has 0 aliphatic heterocycles. The lowest BCUT2D eigenvalue weighted by atomic mass is 9.62. The molecule has 5 aliphatic rings. The molecule has 2 saturated carbocycles. The van der Waals surface area contributed by atoms with Crippen molar-refractivity contribution in [3.05, 3.63) is 28.2 Å². The Balaban J connectivity index is 1.39. The lowest BCUT2D eigenvalue weighted by Gasteiger charge is -2.41. The number of carbonyl (C=O) groups excluding carboxylic acids is 2. The molecule has 5 aliphatic carbocycles. The van der Waals surface area contributed by atoms with Crippen molar-refractivity contribution in [1.29, 1.82) is 0 Å². The van der Waals surface area contributed by atoms with Gasteiger partial charge < -0.3 is 15.7 Å². The highest BCUT2D eigenvalue weighted by atomic mass is 32.1. The van der Waals surface area contributed by atoms with Crippen LogP contribution in [0.1, 0.15) is 72.2 Å². The van der Waals surface area contributed by atoms with E-state index >= 15 is 0 Å². The Kier molecular flexibility index (Phi) is 5.63. The summed E-state index contributed by atoms with van der Waals surface area (Å²) in [4.78, 5) is 39.7. The van der Waals surface area contributed by atoms with Gasteiger partial charge in [-0.25, -0.2) is 0 Å². The number of allylic oxidation sites excluding steroid dienone is 2. The van der Waals surface area contributed by atoms with Crippen LogP contribution in [0, 0.1) is 23.7 Å². The fraction of sp³-hybridized carbons (Fsp3) is 0.625. The van der Waals surface area contributed by atoms with Gasteiger partial charge in [0.1, 0.15) is 5.00 Å². The minimum atomic E-state index is -0.900. The van der Waals surface area contributed by atoms with Crippen molar-refractivity contribution in [1.82, 2.24) is 5.32 Å². The van der Waals surface area contributed by atoms with Gasteiger partial charge in [-0.15, -0.1) is 11.3 Å². The van der Waals surface area contributed by atoms with Crippen molar-refractivity contribution in [2.24, 2.45) is 23.7 Å². The number of carboxylic acids is 1. The lowest BCUT2D eigenvalue weighted by Crippen LogP contribution is -2.47. The molecule has 0 spiro atoms. The maximum Gasteiger partial charge on any atom is 0.307 e. The van der Waals surface area contributed by atoms with Crippen LogP contribution in [-0.4, -0.2) is 28.9 Å². The quantitative estimate of drug-likeness (QED) is 0.597. The van der Waals surface area contributed by atoms with E-state index in [1.165, 1.54) is 22.6 Å². The van der Waals surface area contributed by atoms with Gasteiger partial charge in [0.25, 0.3) is 5.91 Å². The van der Waals surface area contributed by atoms with Crippen molar-refractivity contribution in [2.45, 2.75) is 70.3 Å². The van der Waals surface area contributed by atoms with E-state index < -0.39 is 17.8 Å². The second kappa shape index (κ2) is 8.41. The molecule has 4 atom stereocenters. The zero-order valence-electron chi connectivity index (χ0n) is 17.7. The first-order valence-electron chi connectivity index (χ1n) is 11.7. The Hall–Kier alpha value is -2.15. The zero-order valence-corrected chi connectivity index (χ0v) is 18.5. The molecule has 6 nitrogen and oxygen atoms in total. The summed E-state index contributed by atoms with van der Waals surface area (Å²) in [5.74, 6) is -2.62. The summed E-state index contributed by atoms with van der Waals surface area (Å²) in [5.41, 5.74) is 1.70. The number of amides is 2. The largest absolute Gasteiger partial charge is 0.481 e. The molecule has 3 N–H and O–H groups in total. The van der Waals surface area contributed by atoms with Crippen LogP contribution < -0.4 is 10.6 Å². The van der Waals surface area contributed by atoms with E-state index in [4.69, 9.17) is 0 Å². The molecule has 6 rings (SSSR count). The maximum absolute atomic E-state index is 13.3. The molecular formula is C24H30N2O4S. The van der Waals surface area contributed by atoms with Crippen LogP contribution in [0.4, 0.5) is 5.00 Å². The van der Waals surface area contributed by atoms with E-state index in [1.54, 1.807) is 0 Å². The number of anilines is 1. The summed E-state index contributed by atoms with van der Waals surface area (Å²) in [5, 5.41) is 16.6. The Labute approximate surface area is 186 Å². The average molecular weight is 443 g/mol. The predicted octanol–water partition coefficient (Wildman–Crippen LogP) is 4.15. The van der Waals surface area contributed by atoms with Crippen LogP contribution in [0.2, 0.25) is 0 Å². The number of hydrogen-bond donors (Lipinski definition) is 3. The number of hydrogen-bond acceptors (Lipinski definition) is 4. The third-order valence-electron chi connectivity index (χ3n) is 7.66. The van der Waals surface area contributed by atoms with Crippen molar-refractivity contribution < 1.29 is 19.5 Å². The lowest BCUT2D eigenvalue weighted by molar-refractivity contribution is -0.151. The molecule has 31 heavy (non-hydrogen) atoms. The monoisotopic (exact) mass is 442 g/mol. The number of thiophene rings is 1. The molecular weight excluding hydrogens is 412 g/mol. The third kappa shape index (κ3) is 3.81. The van der Waals surface area contributed by atoms with Gasteiger partial charge in [-0.1, -0.05) is 31.4 Å². The van der Waals surface area contributed by atoms with Gasteiger partial charge >= 0.3 is 5.97 Å². The van der Waals surface area contributed by atoms with Crippen molar-refractivity contribution >= 4 is 34.1 Å². The SMILES string of the molecule is O=C(NC1CCCCC1)c1c(NC(=O)[C@@H]2[C@@H](C(=O)O)[C@H]3C=C[C@@H]2CC3)sc2c1CCC2. The van der Waals surface area contributed by atoms with Crippen LogP contribution in [-0.2, 0) is 22.4 Å². The molecule has 0 saturated heterocycles. The molecule has 0 unspecified atom stereocenters. The van der Waals surface area contributed by atoms with Crippen LogP contribution in [0.5, 0.6) is 0 Å². The molecule has 1 heterocycles. The fourth-order valence-electron chi connectivity index (χ4n) is 6.12. The van der Waals surface area contributed by atoms with Gasteiger partial charge in [0.2, 0.25) is 5.91 Å². The minimum absolute atomic E-state index is 0.0441. The third-order valence-corrected chi connectivity index (χ3v) is 8.87. The van der Waals surface area contributed by atoms with Crippen molar-refractivity contribution in [2.75, 3.05) is 5.32 Å².